The summed E-state index contributed by atoms with van der Waals surface area (Å²) in [6, 6.07) is 6.51. The van der Waals surface area contributed by atoms with E-state index in [-0.39, 0.29) is 0 Å². The van der Waals surface area contributed by atoms with Crippen LogP contribution in [0.1, 0.15) is 32.1 Å². The molecule has 4 nitrogen and oxygen atoms in total. The number of likely N-dealkylation sites (tertiary alicyclic amines) is 1. The summed E-state index contributed by atoms with van der Waals surface area (Å²) in [4.78, 5) is 15.5. The Labute approximate surface area is 155 Å². The number of hydrogen-bond donors (Lipinski definition) is 0. The third-order valence-corrected chi connectivity index (χ3v) is 6.43. The molecule has 0 N–H and O–H groups in total. The van der Waals surface area contributed by atoms with Crippen LogP contribution in [0.4, 0.5) is 5.82 Å². The minimum atomic E-state index is 0.851. The van der Waals surface area contributed by atoms with E-state index in [2.05, 4.69) is 44.2 Å². The Hall–Kier alpha value is -1.33. The molecule has 0 spiro atoms. The van der Waals surface area contributed by atoms with Gasteiger partial charge in [0, 0.05) is 29.9 Å². The molecule has 0 unspecified atom stereocenters. The minimum absolute atomic E-state index is 0.851. The van der Waals surface area contributed by atoms with Crippen LogP contribution in [0, 0.1) is 5.92 Å². The molecule has 0 radical (unpaired) electrons. The summed E-state index contributed by atoms with van der Waals surface area (Å²) in [7, 11) is 0. The van der Waals surface area contributed by atoms with Crippen molar-refractivity contribution in [2.75, 3.05) is 43.9 Å². The summed E-state index contributed by atoms with van der Waals surface area (Å²) in [6.45, 7) is 6.17. The molecule has 2 aromatic rings. The summed E-state index contributed by atoms with van der Waals surface area (Å²) in [5, 5.41) is 1.20. The highest BCUT2D eigenvalue weighted by molar-refractivity contribution is 7.98. The lowest BCUT2D eigenvalue weighted by atomic mass is 9.95. The lowest BCUT2D eigenvalue weighted by Gasteiger charge is -2.36. The van der Waals surface area contributed by atoms with E-state index in [0.717, 1.165) is 30.3 Å². The van der Waals surface area contributed by atoms with Gasteiger partial charge in [-0.3, -0.25) is 0 Å². The van der Waals surface area contributed by atoms with Crippen LogP contribution in [0.15, 0.2) is 29.4 Å². The van der Waals surface area contributed by atoms with Gasteiger partial charge in [-0.25, -0.2) is 9.97 Å². The highest BCUT2D eigenvalue weighted by Gasteiger charge is 2.24. The van der Waals surface area contributed by atoms with Gasteiger partial charge in [0.05, 0.1) is 5.52 Å². The molecule has 1 aromatic carbocycles. The van der Waals surface area contributed by atoms with Crippen molar-refractivity contribution >= 4 is 28.5 Å². The fraction of sp³-hybridized carbons (Fsp3) is 0.600. The van der Waals surface area contributed by atoms with Crippen LogP contribution in [-0.4, -0.2) is 53.8 Å². The van der Waals surface area contributed by atoms with E-state index in [0.29, 0.717) is 0 Å². The van der Waals surface area contributed by atoms with Crippen LogP contribution >= 0.6 is 11.8 Å². The van der Waals surface area contributed by atoms with Gasteiger partial charge in [0.1, 0.15) is 12.1 Å². The van der Waals surface area contributed by atoms with Crippen molar-refractivity contribution in [2.24, 2.45) is 5.92 Å². The first kappa shape index (κ1) is 17.1. The summed E-state index contributed by atoms with van der Waals surface area (Å²) in [6.07, 6.45) is 10.6. The standard InChI is InChI=1S/C20H28N4S/c1-25-17-5-6-19-18(13-17)20(22-15-21-19)24-11-7-16(8-12-24)14-23-9-3-2-4-10-23/h5-6,13,15-16H,2-4,7-12,14H2,1H3. The van der Waals surface area contributed by atoms with Gasteiger partial charge in [-0.1, -0.05) is 6.42 Å². The number of nitrogens with zero attached hydrogens (tertiary/aromatic N) is 4. The Morgan fingerprint density at radius 2 is 1.84 bits per heavy atom. The molecule has 5 heteroatoms. The minimum Gasteiger partial charge on any atom is -0.356 e. The first-order valence-corrected chi connectivity index (χ1v) is 10.8. The van der Waals surface area contributed by atoms with Crippen molar-refractivity contribution in [3.05, 3.63) is 24.5 Å². The topological polar surface area (TPSA) is 32.3 Å². The number of hydrogen-bond acceptors (Lipinski definition) is 5. The average molecular weight is 357 g/mol. The average Bonchev–Trinajstić information content (AvgIpc) is 2.68. The second-order valence-corrected chi connectivity index (χ2v) is 8.25. The van der Waals surface area contributed by atoms with E-state index in [1.165, 1.54) is 62.0 Å². The van der Waals surface area contributed by atoms with Gasteiger partial charge in [-0.15, -0.1) is 11.8 Å². The Balaban J connectivity index is 1.44. The van der Waals surface area contributed by atoms with Gasteiger partial charge < -0.3 is 9.80 Å². The fourth-order valence-corrected chi connectivity index (χ4v) is 4.68. The van der Waals surface area contributed by atoms with E-state index >= 15 is 0 Å². The predicted molar refractivity (Wildman–Crippen MR) is 107 cm³/mol. The molecule has 0 atom stereocenters. The number of rotatable bonds is 4. The molecule has 0 saturated carbocycles. The number of anilines is 1. The molecule has 2 aliphatic heterocycles. The van der Waals surface area contributed by atoms with E-state index in [4.69, 9.17) is 0 Å². The Morgan fingerprint density at radius 3 is 2.60 bits per heavy atom. The van der Waals surface area contributed by atoms with Gasteiger partial charge in [0.25, 0.3) is 0 Å². The number of aromatic nitrogens is 2. The number of piperidine rings is 2. The normalized spacial score (nSPS) is 20.3. The Morgan fingerprint density at radius 1 is 1.04 bits per heavy atom. The van der Waals surface area contributed by atoms with Crippen molar-refractivity contribution in [1.82, 2.24) is 14.9 Å². The molecule has 2 aliphatic rings. The largest absolute Gasteiger partial charge is 0.356 e. The summed E-state index contributed by atoms with van der Waals surface area (Å²) in [5.74, 6) is 1.97. The Bertz CT molecular complexity index is 706. The molecule has 134 valence electrons. The van der Waals surface area contributed by atoms with Crippen molar-refractivity contribution < 1.29 is 0 Å². The molecule has 3 heterocycles. The molecule has 2 fully saturated rings. The molecule has 4 rings (SSSR count). The maximum Gasteiger partial charge on any atom is 0.139 e. The second kappa shape index (κ2) is 7.92. The van der Waals surface area contributed by atoms with Gasteiger partial charge in [0.2, 0.25) is 0 Å². The zero-order chi connectivity index (χ0) is 17.1. The van der Waals surface area contributed by atoms with Crippen molar-refractivity contribution in [1.29, 1.82) is 0 Å². The lowest BCUT2D eigenvalue weighted by Crippen LogP contribution is -2.40. The monoisotopic (exact) mass is 356 g/mol. The maximum atomic E-state index is 4.64. The molecule has 0 aliphatic carbocycles. The third kappa shape index (κ3) is 3.93. The predicted octanol–water partition coefficient (Wildman–Crippen LogP) is 4.05. The van der Waals surface area contributed by atoms with E-state index in [9.17, 15) is 0 Å². The summed E-state index contributed by atoms with van der Waals surface area (Å²) in [5.41, 5.74) is 1.05. The quantitative estimate of drug-likeness (QED) is 0.772. The van der Waals surface area contributed by atoms with Gasteiger partial charge in [-0.05, 0) is 69.1 Å². The van der Waals surface area contributed by atoms with Gasteiger partial charge >= 0.3 is 0 Å². The summed E-state index contributed by atoms with van der Waals surface area (Å²) < 4.78 is 0. The van der Waals surface area contributed by atoms with Crippen LogP contribution in [0.3, 0.4) is 0 Å². The highest BCUT2D eigenvalue weighted by Crippen LogP contribution is 2.30. The molecular formula is C20H28N4S. The molecule has 0 bridgehead atoms. The smallest absolute Gasteiger partial charge is 0.139 e. The van der Waals surface area contributed by atoms with Crippen molar-refractivity contribution in [2.45, 2.75) is 37.0 Å². The number of benzene rings is 1. The fourth-order valence-electron chi connectivity index (χ4n) is 4.24. The maximum absolute atomic E-state index is 4.64. The van der Waals surface area contributed by atoms with Gasteiger partial charge in [0.15, 0.2) is 0 Å². The Kier molecular flexibility index (Phi) is 5.42. The van der Waals surface area contributed by atoms with Crippen LogP contribution < -0.4 is 4.90 Å². The lowest BCUT2D eigenvalue weighted by molar-refractivity contribution is 0.181. The molecule has 0 amide bonds. The van der Waals surface area contributed by atoms with Crippen LogP contribution in [0.25, 0.3) is 10.9 Å². The molecule has 2 saturated heterocycles. The van der Waals surface area contributed by atoms with Crippen molar-refractivity contribution in [3.63, 3.8) is 0 Å². The van der Waals surface area contributed by atoms with E-state index in [1.807, 2.05) is 0 Å². The summed E-state index contributed by atoms with van der Waals surface area (Å²) >= 11 is 1.78. The third-order valence-electron chi connectivity index (χ3n) is 5.70. The molecule has 1 aromatic heterocycles. The van der Waals surface area contributed by atoms with E-state index < -0.39 is 0 Å². The molecular weight excluding hydrogens is 328 g/mol. The zero-order valence-corrected chi connectivity index (χ0v) is 16.0. The first-order chi connectivity index (χ1) is 12.3. The highest BCUT2D eigenvalue weighted by atomic mass is 32.2. The number of fused-ring (bicyclic) bond motifs is 1. The second-order valence-electron chi connectivity index (χ2n) is 7.37. The van der Waals surface area contributed by atoms with Crippen LogP contribution in [0.5, 0.6) is 0 Å². The molecule has 25 heavy (non-hydrogen) atoms. The number of thioether (sulfide) groups is 1. The first-order valence-electron chi connectivity index (χ1n) is 9.59. The van der Waals surface area contributed by atoms with Gasteiger partial charge in [-0.2, -0.15) is 0 Å². The van der Waals surface area contributed by atoms with Crippen LogP contribution in [0.2, 0.25) is 0 Å². The van der Waals surface area contributed by atoms with Crippen LogP contribution in [-0.2, 0) is 0 Å². The van der Waals surface area contributed by atoms with E-state index in [1.54, 1.807) is 18.1 Å². The zero-order valence-electron chi connectivity index (χ0n) is 15.2. The SMILES string of the molecule is CSc1ccc2ncnc(N3CCC(CN4CCCCC4)CC3)c2c1. The van der Waals surface area contributed by atoms with Crippen molar-refractivity contribution in [3.8, 4) is 0 Å².